The summed E-state index contributed by atoms with van der Waals surface area (Å²) in [6.45, 7) is 0.338. The largest absolute Gasteiger partial charge is 0.335 e. The lowest BCUT2D eigenvalue weighted by molar-refractivity contribution is -0.125. The molecule has 1 aromatic carbocycles. The van der Waals surface area contributed by atoms with E-state index in [4.69, 9.17) is 23.2 Å². The fourth-order valence-corrected chi connectivity index (χ4v) is 2.76. The molecule has 0 aliphatic carbocycles. The number of carbonyl (C=O) groups excluding carboxylic acids is 1. The molecule has 0 radical (unpaired) electrons. The molecule has 2 heterocycles. The maximum Gasteiger partial charge on any atom is 0.246 e. The third-order valence-electron chi connectivity index (χ3n) is 3.53. The molecule has 1 amide bonds. The molecule has 122 valence electrons. The van der Waals surface area contributed by atoms with Crippen molar-refractivity contribution in [2.75, 3.05) is 7.05 Å². The third kappa shape index (κ3) is 3.42. The molecule has 3 rings (SSSR count). The van der Waals surface area contributed by atoms with E-state index in [2.05, 4.69) is 10.2 Å². The molecule has 2 aromatic heterocycles. The Balaban J connectivity index is 1.74. The summed E-state index contributed by atoms with van der Waals surface area (Å²) in [4.78, 5) is 13.8. The smallest absolute Gasteiger partial charge is 0.246 e. The number of halogens is 2. The Hall–Kier alpha value is -2.37. The Morgan fingerprint density at radius 1 is 1.17 bits per heavy atom. The predicted octanol–water partition coefficient (Wildman–Crippen LogP) is 3.71. The molecule has 0 saturated carbocycles. The monoisotopic (exact) mass is 360 g/mol. The number of amides is 1. The van der Waals surface area contributed by atoms with Gasteiger partial charge in [-0.1, -0.05) is 35.3 Å². The lowest BCUT2D eigenvalue weighted by Crippen LogP contribution is -2.25. The number of hydrogen-bond acceptors (Lipinski definition) is 3. The van der Waals surface area contributed by atoms with Gasteiger partial charge in [0, 0.05) is 34.9 Å². The first-order chi connectivity index (χ1) is 11.6. The van der Waals surface area contributed by atoms with Crippen molar-refractivity contribution in [3.8, 4) is 0 Å². The van der Waals surface area contributed by atoms with Crippen molar-refractivity contribution in [1.29, 1.82) is 0 Å². The van der Waals surface area contributed by atoms with Gasteiger partial charge in [0.05, 0.1) is 6.54 Å². The highest BCUT2D eigenvalue weighted by Crippen LogP contribution is 2.25. The van der Waals surface area contributed by atoms with Crippen LogP contribution in [-0.4, -0.2) is 32.5 Å². The zero-order chi connectivity index (χ0) is 17.1. The molecule has 0 bridgehead atoms. The zero-order valence-electron chi connectivity index (χ0n) is 12.9. The van der Waals surface area contributed by atoms with Crippen molar-refractivity contribution < 1.29 is 4.79 Å². The Kier molecular flexibility index (Phi) is 4.83. The summed E-state index contributed by atoms with van der Waals surface area (Å²) < 4.78 is 1.85. The van der Waals surface area contributed by atoms with Crippen LogP contribution in [0.1, 0.15) is 11.4 Å². The Labute approximate surface area is 149 Å². The van der Waals surface area contributed by atoms with Gasteiger partial charge in [0.2, 0.25) is 5.91 Å². The number of aromatic nitrogens is 3. The number of likely N-dealkylation sites (N-methyl/N-ethyl adjacent to an activating group) is 1. The van der Waals surface area contributed by atoms with Crippen molar-refractivity contribution >= 4 is 40.8 Å². The van der Waals surface area contributed by atoms with Gasteiger partial charge < -0.3 is 4.90 Å². The van der Waals surface area contributed by atoms with Gasteiger partial charge in [-0.25, -0.2) is 0 Å². The van der Waals surface area contributed by atoms with E-state index in [1.807, 2.05) is 28.8 Å². The fourth-order valence-electron chi connectivity index (χ4n) is 2.24. The van der Waals surface area contributed by atoms with Crippen LogP contribution in [0.25, 0.3) is 11.7 Å². The molecule has 0 fully saturated rings. The highest BCUT2D eigenvalue weighted by Gasteiger charge is 2.11. The lowest BCUT2D eigenvalue weighted by Gasteiger charge is -2.13. The summed E-state index contributed by atoms with van der Waals surface area (Å²) in [5.41, 5.74) is 1.36. The first-order valence-corrected chi connectivity index (χ1v) is 7.97. The van der Waals surface area contributed by atoms with Gasteiger partial charge in [-0.05, 0) is 30.3 Å². The van der Waals surface area contributed by atoms with E-state index in [-0.39, 0.29) is 5.91 Å². The van der Waals surface area contributed by atoms with Crippen molar-refractivity contribution in [2.24, 2.45) is 0 Å². The van der Waals surface area contributed by atoms with E-state index in [1.54, 1.807) is 36.2 Å². The second-order valence-electron chi connectivity index (χ2n) is 5.21. The summed E-state index contributed by atoms with van der Waals surface area (Å²) in [5, 5.41) is 9.18. The van der Waals surface area contributed by atoms with E-state index in [9.17, 15) is 4.79 Å². The molecule has 0 atom stereocenters. The zero-order valence-corrected chi connectivity index (χ0v) is 14.4. The van der Waals surface area contributed by atoms with Gasteiger partial charge in [-0.2, -0.15) is 0 Å². The van der Waals surface area contributed by atoms with E-state index in [0.29, 0.717) is 28.0 Å². The number of rotatable bonds is 4. The summed E-state index contributed by atoms with van der Waals surface area (Å²) >= 11 is 12.2. The van der Waals surface area contributed by atoms with Crippen molar-refractivity contribution in [3.05, 3.63) is 70.1 Å². The standard InChI is InChI=1S/C17H14Cl2N4O/c1-22(11-16-21-20-15-7-2-3-10-23(15)16)17(24)9-8-12-13(18)5-4-6-14(12)19/h2-10H,11H2,1H3/b9-8-. The molecule has 0 aliphatic heterocycles. The van der Waals surface area contributed by atoms with Gasteiger partial charge in [-0.15, -0.1) is 10.2 Å². The van der Waals surface area contributed by atoms with Crippen LogP contribution in [0.15, 0.2) is 48.7 Å². The average molecular weight is 361 g/mol. The van der Waals surface area contributed by atoms with Crippen molar-refractivity contribution in [2.45, 2.75) is 6.54 Å². The molecule has 3 aromatic rings. The minimum absolute atomic E-state index is 0.182. The van der Waals surface area contributed by atoms with Gasteiger partial charge in [0.15, 0.2) is 11.5 Å². The number of nitrogens with zero attached hydrogens (tertiary/aromatic N) is 4. The SMILES string of the molecule is CN(Cc1nnc2ccccn12)C(=O)/C=C\c1c(Cl)cccc1Cl. The quantitative estimate of drug-likeness (QED) is 0.666. The summed E-state index contributed by atoms with van der Waals surface area (Å²) in [7, 11) is 1.70. The number of fused-ring (bicyclic) bond motifs is 1. The Morgan fingerprint density at radius 3 is 2.67 bits per heavy atom. The van der Waals surface area contributed by atoms with Gasteiger partial charge >= 0.3 is 0 Å². The van der Waals surface area contributed by atoms with Crippen molar-refractivity contribution in [1.82, 2.24) is 19.5 Å². The number of benzene rings is 1. The van der Waals surface area contributed by atoms with Crippen LogP contribution in [0.2, 0.25) is 10.0 Å². The first-order valence-electron chi connectivity index (χ1n) is 7.22. The second kappa shape index (κ2) is 7.03. The maximum absolute atomic E-state index is 12.3. The molecular weight excluding hydrogens is 347 g/mol. The van der Waals surface area contributed by atoms with Gasteiger partial charge in [-0.3, -0.25) is 9.20 Å². The fraction of sp³-hybridized carbons (Fsp3) is 0.118. The van der Waals surface area contributed by atoms with Gasteiger partial charge in [0.1, 0.15) is 0 Å². The summed E-state index contributed by atoms with van der Waals surface area (Å²) in [6, 6.07) is 10.8. The lowest BCUT2D eigenvalue weighted by atomic mass is 10.2. The average Bonchev–Trinajstić information content (AvgIpc) is 2.97. The van der Waals surface area contributed by atoms with E-state index >= 15 is 0 Å². The summed E-state index contributed by atoms with van der Waals surface area (Å²) in [6.07, 6.45) is 4.92. The topological polar surface area (TPSA) is 50.5 Å². The van der Waals surface area contributed by atoms with E-state index in [0.717, 1.165) is 5.65 Å². The molecule has 0 N–H and O–H groups in total. The third-order valence-corrected chi connectivity index (χ3v) is 4.19. The van der Waals surface area contributed by atoms with E-state index in [1.165, 1.54) is 6.08 Å². The Morgan fingerprint density at radius 2 is 1.92 bits per heavy atom. The molecule has 0 unspecified atom stereocenters. The Bertz CT molecular complexity index is 900. The van der Waals surface area contributed by atoms with Crippen molar-refractivity contribution in [3.63, 3.8) is 0 Å². The van der Waals surface area contributed by atoms with Crippen LogP contribution in [0.5, 0.6) is 0 Å². The van der Waals surface area contributed by atoms with E-state index < -0.39 is 0 Å². The molecule has 7 heteroatoms. The maximum atomic E-state index is 12.3. The molecule has 24 heavy (non-hydrogen) atoms. The van der Waals surface area contributed by atoms with Crippen LogP contribution in [0.4, 0.5) is 0 Å². The number of carbonyl (C=O) groups is 1. The molecule has 0 aliphatic rings. The molecule has 5 nitrogen and oxygen atoms in total. The summed E-state index contributed by atoms with van der Waals surface area (Å²) in [5.74, 6) is 0.504. The minimum Gasteiger partial charge on any atom is -0.335 e. The second-order valence-corrected chi connectivity index (χ2v) is 6.02. The van der Waals surface area contributed by atoms with Gasteiger partial charge in [0.25, 0.3) is 0 Å². The highest BCUT2D eigenvalue weighted by atomic mass is 35.5. The number of hydrogen-bond donors (Lipinski definition) is 0. The minimum atomic E-state index is -0.182. The van der Waals surface area contributed by atoms with Crippen LogP contribution in [0, 0.1) is 0 Å². The normalized spacial score (nSPS) is 11.3. The molecular formula is C17H14Cl2N4O. The van der Waals surface area contributed by atoms with Crippen LogP contribution < -0.4 is 0 Å². The highest BCUT2D eigenvalue weighted by molar-refractivity contribution is 6.37. The van der Waals surface area contributed by atoms with Crippen LogP contribution in [0.3, 0.4) is 0 Å². The first kappa shape index (κ1) is 16.5. The van der Waals surface area contributed by atoms with Crippen LogP contribution >= 0.6 is 23.2 Å². The predicted molar refractivity (Wildman–Crippen MR) is 95.0 cm³/mol. The molecule has 0 saturated heterocycles. The van der Waals surface area contributed by atoms with Crippen LogP contribution in [-0.2, 0) is 11.3 Å². The molecule has 0 spiro atoms. The number of pyridine rings is 1.